The van der Waals surface area contributed by atoms with Crippen LogP contribution >= 0.6 is 0 Å². The number of hydrogen-bond donors (Lipinski definition) is 0. The van der Waals surface area contributed by atoms with Crippen LogP contribution in [0.4, 0.5) is 0 Å². The standard InChI is InChI=1S/C11H14O2/c1-7-4-11(12-3)8(2)10-6-13-5-9(7)10/h4H,5-6H2,1-3H3. The highest BCUT2D eigenvalue weighted by atomic mass is 16.5. The van der Waals surface area contributed by atoms with Crippen molar-refractivity contribution in [3.63, 3.8) is 0 Å². The molecule has 0 N–H and O–H groups in total. The smallest absolute Gasteiger partial charge is 0.122 e. The molecule has 0 radical (unpaired) electrons. The average molecular weight is 178 g/mol. The highest BCUT2D eigenvalue weighted by molar-refractivity contribution is 5.49. The van der Waals surface area contributed by atoms with Gasteiger partial charge in [-0.3, -0.25) is 0 Å². The summed E-state index contributed by atoms with van der Waals surface area (Å²) in [7, 11) is 1.71. The Labute approximate surface area is 78.5 Å². The van der Waals surface area contributed by atoms with E-state index in [0.717, 1.165) is 19.0 Å². The number of benzene rings is 1. The quantitative estimate of drug-likeness (QED) is 0.657. The van der Waals surface area contributed by atoms with Gasteiger partial charge in [0.2, 0.25) is 0 Å². The molecular formula is C11H14O2. The maximum Gasteiger partial charge on any atom is 0.122 e. The van der Waals surface area contributed by atoms with Crippen LogP contribution in [0.25, 0.3) is 0 Å². The van der Waals surface area contributed by atoms with Crippen LogP contribution in [0.15, 0.2) is 6.07 Å². The molecule has 0 saturated heterocycles. The van der Waals surface area contributed by atoms with Crippen molar-refractivity contribution in [2.24, 2.45) is 0 Å². The predicted octanol–water partition coefficient (Wildman–Crippen LogP) is 2.34. The molecule has 1 aromatic carbocycles. The van der Waals surface area contributed by atoms with Gasteiger partial charge >= 0.3 is 0 Å². The third-order valence-electron chi connectivity index (χ3n) is 2.72. The highest BCUT2D eigenvalue weighted by Gasteiger charge is 2.18. The van der Waals surface area contributed by atoms with Crippen molar-refractivity contribution in [3.8, 4) is 5.75 Å². The molecule has 70 valence electrons. The molecule has 0 aliphatic carbocycles. The molecule has 2 heteroatoms. The van der Waals surface area contributed by atoms with Crippen LogP contribution in [-0.2, 0) is 18.0 Å². The summed E-state index contributed by atoms with van der Waals surface area (Å²) in [5.74, 6) is 0.974. The normalized spacial score (nSPS) is 14.4. The SMILES string of the molecule is COc1cc(C)c2c(c1C)COC2. The zero-order chi connectivity index (χ0) is 9.42. The second-order valence-corrected chi connectivity index (χ2v) is 3.47. The van der Waals surface area contributed by atoms with E-state index in [1.165, 1.54) is 22.3 Å². The second-order valence-electron chi connectivity index (χ2n) is 3.47. The maximum absolute atomic E-state index is 5.42. The summed E-state index contributed by atoms with van der Waals surface area (Å²) in [6.07, 6.45) is 0. The Balaban J connectivity index is 2.62. The third kappa shape index (κ3) is 1.22. The Kier molecular flexibility index (Phi) is 2.00. The molecule has 2 nitrogen and oxygen atoms in total. The van der Waals surface area contributed by atoms with Crippen LogP contribution in [0.3, 0.4) is 0 Å². The largest absolute Gasteiger partial charge is 0.496 e. The molecule has 0 atom stereocenters. The Hall–Kier alpha value is -1.02. The number of fused-ring (bicyclic) bond motifs is 1. The van der Waals surface area contributed by atoms with Crippen molar-refractivity contribution in [2.75, 3.05) is 7.11 Å². The molecule has 1 aromatic rings. The van der Waals surface area contributed by atoms with Gasteiger partial charge in [-0.15, -0.1) is 0 Å². The minimum absolute atomic E-state index is 0.735. The Morgan fingerprint density at radius 1 is 1.23 bits per heavy atom. The van der Waals surface area contributed by atoms with E-state index in [-0.39, 0.29) is 0 Å². The first-order valence-electron chi connectivity index (χ1n) is 4.47. The van der Waals surface area contributed by atoms with Gasteiger partial charge in [0.05, 0.1) is 20.3 Å². The van der Waals surface area contributed by atoms with Gasteiger partial charge in [-0.1, -0.05) is 0 Å². The van der Waals surface area contributed by atoms with Crippen LogP contribution in [0.2, 0.25) is 0 Å². The number of methoxy groups -OCH3 is 1. The lowest BCUT2D eigenvalue weighted by Gasteiger charge is -2.11. The first-order valence-corrected chi connectivity index (χ1v) is 4.47. The topological polar surface area (TPSA) is 18.5 Å². The summed E-state index contributed by atoms with van der Waals surface area (Å²) in [5, 5.41) is 0. The van der Waals surface area contributed by atoms with Crippen molar-refractivity contribution in [3.05, 3.63) is 28.3 Å². The van der Waals surface area contributed by atoms with Gasteiger partial charge in [-0.2, -0.15) is 0 Å². The molecular weight excluding hydrogens is 164 g/mol. The maximum atomic E-state index is 5.42. The fourth-order valence-corrected chi connectivity index (χ4v) is 1.87. The van der Waals surface area contributed by atoms with E-state index >= 15 is 0 Å². The van der Waals surface area contributed by atoms with Gasteiger partial charge in [-0.25, -0.2) is 0 Å². The van der Waals surface area contributed by atoms with E-state index in [0.29, 0.717) is 0 Å². The van der Waals surface area contributed by atoms with Gasteiger partial charge in [0.15, 0.2) is 0 Å². The average Bonchev–Trinajstić information content (AvgIpc) is 2.60. The molecule has 1 aliphatic heterocycles. The molecule has 0 fully saturated rings. The Morgan fingerprint density at radius 3 is 2.62 bits per heavy atom. The summed E-state index contributed by atoms with van der Waals surface area (Å²) in [6.45, 7) is 5.69. The minimum atomic E-state index is 0.735. The molecule has 0 aromatic heterocycles. The van der Waals surface area contributed by atoms with Crippen molar-refractivity contribution in [1.82, 2.24) is 0 Å². The van der Waals surface area contributed by atoms with E-state index in [9.17, 15) is 0 Å². The fourth-order valence-electron chi connectivity index (χ4n) is 1.87. The first kappa shape index (κ1) is 8.57. The summed E-state index contributed by atoms with van der Waals surface area (Å²) in [5.41, 5.74) is 5.16. The van der Waals surface area contributed by atoms with Gasteiger partial charge in [-0.05, 0) is 42.2 Å². The van der Waals surface area contributed by atoms with Crippen LogP contribution in [-0.4, -0.2) is 7.11 Å². The van der Waals surface area contributed by atoms with Crippen LogP contribution in [0.1, 0.15) is 22.3 Å². The summed E-state index contributed by atoms with van der Waals surface area (Å²) < 4.78 is 10.7. The highest BCUT2D eigenvalue weighted by Crippen LogP contribution is 2.32. The van der Waals surface area contributed by atoms with E-state index in [2.05, 4.69) is 19.9 Å². The van der Waals surface area contributed by atoms with Crippen molar-refractivity contribution in [1.29, 1.82) is 0 Å². The fraction of sp³-hybridized carbons (Fsp3) is 0.455. The van der Waals surface area contributed by atoms with E-state index in [1.807, 2.05) is 0 Å². The molecule has 0 saturated carbocycles. The van der Waals surface area contributed by atoms with E-state index in [4.69, 9.17) is 9.47 Å². The lowest BCUT2D eigenvalue weighted by Crippen LogP contribution is -1.96. The number of aryl methyl sites for hydroxylation is 1. The van der Waals surface area contributed by atoms with Gasteiger partial charge < -0.3 is 9.47 Å². The zero-order valence-corrected chi connectivity index (χ0v) is 8.31. The van der Waals surface area contributed by atoms with Crippen LogP contribution < -0.4 is 4.74 Å². The Morgan fingerprint density at radius 2 is 1.92 bits per heavy atom. The Bertz CT molecular complexity index is 342. The van der Waals surface area contributed by atoms with Crippen LogP contribution in [0, 0.1) is 13.8 Å². The summed E-state index contributed by atoms with van der Waals surface area (Å²) in [6, 6.07) is 2.09. The predicted molar refractivity (Wildman–Crippen MR) is 51.0 cm³/mol. The van der Waals surface area contributed by atoms with Crippen molar-refractivity contribution < 1.29 is 9.47 Å². The summed E-state index contributed by atoms with van der Waals surface area (Å²) in [4.78, 5) is 0. The molecule has 0 unspecified atom stereocenters. The third-order valence-corrected chi connectivity index (χ3v) is 2.72. The molecule has 13 heavy (non-hydrogen) atoms. The van der Waals surface area contributed by atoms with E-state index < -0.39 is 0 Å². The number of rotatable bonds is 1. The number of hydrogen-bond acceptors (Lipinski definition) is 2. The minimum Gasteiger partial charge on any atom is -0.496 e. The van der Waals surface area contributed by atoms with Gasteiger partial charge in [0.1, 0.15) is 5.75 Å². The van der Waals surface area contributed by atoms with Gasteiger partial charge in [0.25, 0.3) is 0 Å². The lowest BCUT2D eigenvalue weighted by atomic mass is 9.99. The summed E-state index contributed by atoms with van der Waals surface area (Å²) >= 11 is 0. The van der Waals surface area contributed by atoms with Crippen molar-refractivity contribution >= 4 is 0 Å². The van der Waals surface area contributed by atoms with Crippen LogP contribution in [0.5, 0.6) is 5.75 Å². The number of ether oxygens (including phenoxy) is 2. The van der Waals surface area contributed by atoms with E-state index in [1.54, 1.807) is 7.11 Å². The molecule has 2 rings (SSSR count). The zero-order valence-electron chi connectivity index (χ0n) is 8.31. The molecule has 0 amide bonds. The lowest BCUT2D eigenvalue weighted by molar-refractivity contribution is 0.134. The monoisotopic (exact) mass is 178 g/mol. The molecule has 1 aliphatic rings. The second kappa shape index (κ2) is 3.04. The molecule has 1 heterocycles. The first-order chi connectivity index (χ1) is 6.24. The van der Waals surface area contributed by atoms with Crippen molar-refractivity contribution in [2.45, 2.75) is 27.1 Å². The van der Waals surface area contributed by atoms with Gasteiger partial charge in [0, 0.05) is 0 Å². The molecule has 0 spiro atoms. The molecule has 0 bridgehead atoms.